The Kier molecular flexibility index (Phi) is 5.43. The number of carbonyl (C=O) groups excluding carboxylic acids is 1. The van der Waals surface area contributed by atoms with Crippen molar-refractivity contribution in [2.75, 3.05) is 0 Å². The van der Waals surface area contributed by atoms with Gasteiger partial charge in [0.1, 0.15) is 11.2 Å². The van der Waals surface area contributed by atoms with Crippen molar-refractivity contribution in [3.05, 3.63) is 58.5 Å². The fourth-order valence-corrected chi connectivity index (χ4v) is 3.92. The lowest BCUT2D eigenvalue weighted by Crippen LogP contribution is -2.31. The second-order valence-corrected chi connectivity index (χ2v) is 7.78. The number of hydrogen-bond donors (Lipinski definition) is 1. The maximum Gasteiger partial charge on any atom is 0.278 e. The van der Waals surface area contributed by atoms with Crippen molar-refractivity contribution < 1.29 is 4.79 Å². The smallest absolute Gasteiger partial charge is 0.278 e. The highest BCUT2D eigenvalue weighted by Crippen LogP contribution is 2.30. The third-order valence-corrected chi connectivity index (χ3v) is 5.75. The molecule has 1 atom stereocenters. The molecule has 1 aromatic carbocycles. The highest BCUT2D eigenvalue weighted by atomic mass is 16.1. The summed E-state index contributed by atoms with van der Waals surface area (Å²) in [5.41, 5.74) is 2.96. The number of nitrogens with one attached hydrogen (secondary N) is 1. The molecule has 0 spiro atoms. The van der Waals surface area contributed by atoms with Crippen LogP contribution in [0.15, 0.2) is 47.4 Å². The Bertz CT molecular complexity index is 1080. The van der Waals surface area contributed by atoms with Crippen molar-refractivity contribution >= 4 is 17.1 Å². The number of benzene rings is 1. The average Bonchev–Trinajstić information content (AvgIpc) is 3.27. The maximum atomic E-state index is 13.4. The monoisotopic (exact) mass is 390 g/mol. The molecule has 0 bridgehead atoms. The van der Waals surface area contributed by atoms with Gasteiger partial charge in [0.25, 0.3) is 11.5 Å². The fraction of sp³-hybridized carbons (Fsp3) is 0.391. The molecule has 1 saturated carbocycles. The van der Waals surface area contributed by atoms with Crippen molar-refractivity contribution in [3.63, 3.8) is 0 Å². The lowest BCUT2D eigenvalue weighted by molar-refractivity contribution is 0.0939. The zero-order chi connectivity index (χ0) is 20.4. The number of amides is 1. The molecule has 1 aliphatic rings. The molecule has 29 heavy (non-hydrogen) atoms. The predicted octanol–water partition coefficient (Wildman–Crippen LogP) is 4.10. The van der Waals surface area contributed by atoms with Gasteiger partial charge in [-0.25, -0.2) is 9.97 Å². The van der Waals surface area contributed by atoms with Gasteiger partial charge in [-0.15, -0.1) is 0 Å². The van der Waals surface area contributed by atoms with Gasteiger partial charge >= 0.3 is 0 Å². The summed E-state index contributed by atoms with van der Waals surface area (Å²) in [5, 5.41) is 2.96. The molecule has 150 valence electrons. The van der Waals surface area contributed by atoms with Gasteiger partial charge in [0.2, 0.25) is 0 Å². The van der Waals surface area contributed by atoms with Crippen molar-refractivity contribution in [2.45, 2.75) is 58.0 Å². The average molecular weight is 390 g/mol. The summed E-state index contributed by atoms with van der Waals surface area (Å²) in [5.74, 6) is -0.107. The largest absolute Gasteiger partial charge is 0.350 e. The van der Waals surface area contributed by atoms with Crippen LogP contribution in [-0.2, 0) is 0 Å². The fourth-order valence-electron chi connectivity index (χ4n) is 3.92. The van der Waals surface area contributed by atoms with Gasteiger partial charge in [-0.3, -0.25) is 14.2 Å². The molecule has 0 radical (unpaired) electrons. The molecule has 1 amide bonds. The van der Waals surface area contributed by atoms with E-state index in [4.69, 9.17) is 0 Å². The number of carbonyl (C=O) groups is 1. The summed E-state index contributed by atoms with van der Waals surface area (Å²) in [6.07, 6.45) is 6.82. The quantitative estimate of drug-likeness (QED) is 0.711. The Morgan fingerprint density at radius 1 is 1.21 bits per heavy atom. The van der Waals surface area contributed by atoms with Crippen LogP contribution < -0.4 is 10.9 Å². The topological polar surface area (TPSA) is 76.9 Å². The molecule has 4 rings (SSSR count). The van der Waals surface area contributed by atoms with Crippen molar-refractivity contribution in [1.82, 2.24) is 19.9 Å². The van der Waals surface area contributed by atoms with E-state index < -0.39 is 0 Å². The first-order chi connectivity index (χ1) is 14.1. The molecule has 6 nitrogen and oxygen atoms in total. The van der Waals surface area contributed by atoms with E-state index in [0.717, 1.165) is 32.1 Å². The molecule has 1 aliphatic carbocycles. The lowest BCUT2D eigenvalue weighted by Gasteiger charge is -2.17. The summed E-state index contributed by atoms with van der Waals surface area (Å²) in [6, 6.07) is 11.1. The van der Waals surface area contributed by atoms with E-state index in [1.165, 1.54) is 0 Å². The molecular formula is C23H26N4O2. The van der Waals surface area contributed by atoms with Crippen LogP contribution in [0, 0.1) is 0 Å². The molecule has 1 N–H and O–H groups in total. The summed E-state index contributed by atoms with van der Waals surface area (Å²) >= 11 is 0. The van der Waals surface area contributed by atoms with Crippen LogP contribution >= 0.6 is 0 Å². The van der Waals surface area contributed by atoms with Crippen LogP contribution in [0.2, 0.25) is 0 Å². The minimum atomic E-state index is -0.111. The standard InChI is InChI=1S/C23H26N4O2/c1-3-15(2)25-22(28)17-12-10-16(11-13-17)20-23(29)27(18-7-4-5-8-18)21-19(26-20)9-6-14-24-21/h6,9-15,18H,3-5,7-8H2,1-2H3,(H,25,28)/t15-/m1/s1. The third-order valence-electron chi connectivity index (χ3n) is 5.75. The van der Waals surface area contributed by atoms with E-state index in [1.54, 1.807) is 30.5 Å². The second-order valence-electron chi connectivity index (χ2n) is 7.78. The Morgan fingerprint density at radius 3 is 2.62 bits per heavy atom. The van der Waals surface area contributed by atoms with Gasteiger partial charge in [-0.1, -0.05) is 31.9 Å². The molecule has 6 heteroatoms. The number of fused-ring (bicyclic) bond motifs is 1. The second kappa shape index (κ2) is 8.15. The molecular weight excluding hydrogens is 364 g/mol. The first-order valence-electron chi connectivity index (χ1n) is 10.4. The van der Waals surface area contributed by atoms with Gasteiger partial charge in [0.15, 0.2) is 5.65 Å². The van der Waals surface area contributed by atoms with Crippen LogP contribution in [-0.4, -0.2) is 26.5 Å². The summed E-state index contributed by atoms with van der Waals surface area (Å²) < 4.78 is 1.83. The van der Waals surface area contributed by atoms with Crippen LogP contribution in [0.4, 0.5) is 0 Å². The molecule has 0 saturated heterocycles. The number of aromatic nitrogens is 3. The van der Waals surface area contributed by atoms with E-state index in [1.807, 2.05) is 30.5 Å². The van der Waals surface area contributed by atoms with Crippen LogP contribution in [0.1, 0.15) is 62.4 Å². The van der Waals surface area contributed by atoms with E-state index in [2.05, 4.69) is 15.3 Å². The zero-order valence-electron chi connectivity index (χ0n) is 16.9. The first kappa shape index (κ1) is 19.3. The Hall–Kier alpha value is -3.02. The zero-order valence-corrected chi connectivity index (χ0v) is 16.9. The van der Waals surface area contributed by atoms with Gasteiger partial charge in [-0.2, -0.15) is 0 Å². The number of rotatable bonds is 5. The molecule has 1 fully saturated rings. The van der Waals surface area contributed by atoms with Gasteiger partial charge in [0, 0.05) is 29.4 Å². The molecule has 2 heterocycles. The highest BCUT2D eigenvalue weighted by Gasteiger charge is 2.23. The van der Waals surface area contributed by atoms with Gasteiger partial charge in [-0.05, 0) is 50.5 Å². The summed E-state index contributed by atoms with van der Waals surface area (Å²) in [6.45, 7) is 4.01. The van der Waals surface area contributed by atoms with Crippen LogP contribution in [0.5, 0.6) is 0 Å². The van der Waals surface area contributed by atoms with Crippen molar-refractivity contribution in [2.24, 2.45) is 0 Å². The highest BCUT2D eigenvalue weighted by molar-refractivity contribution is 5.94. The SMILES string of the molecule is CC[C@@H](C)NC(=O)c1ccc(-c2nc3cccnc3n(C3CCCC3)c2=O)cc1. The van der Waals surface area contributed by atoms with E-state index >= 15 is 0 Å². The minimum Gasteiger partial charge on any atom is -0.350 e. The number of hydrogen-bond acceptors (Lipinski definition) is 4. The first-order valence-corrected chi connectivity index (χ1v) is 10.4. The van der Waals surface area contributed by atoms with Crippen molar-refractivity contribution in [3.8, 4) is 11.3 Å². The molecule has 2 aromatic heterocycles. The Labute approximate surface area is 170 Å². The van der Waals surface area contributed by atoms with E-state index in [-0.39, 0.29) is 23.6 Å². The van der Waals surface area contributed by atoms with E-state index in [0.29, 0.717) is 28.0 Å². The Morgan fingerprint density at radius 2 is 1.93 bits per heavy atom. The van der Waals surface area contributed by atoms with Gasteiger partial charge in [0.05, 0.1) is 0 Å². The van der Waals surface area contributed by atoms with E-state index in [9.17, 15) is 9.59 Å². The summed E-state index contributed by atoms with van der Waals surface area (Å²) in [7, 11) is 0. The minimum absolute atomic E-state index is 0.107. The molecule has 0 aliphatic heterocycles. The number of pyridine rings is 1. The predicted molar refractivity (Wildman–Crippen MR) is 114 cm³/mol. The van der Waals surface area contributed by atoms with Crippen molar-refractivity contribution in [1.29, 1.82) is 0 Å². The van der Waals surface area contributed by atoms with Gasteiger partial charge < -0.3 is 5.32 Å². The lowest BCUT2D eigenvalue weighted by atomic mass is 10.1. The molecule has 3 aromatic rings. The number of nitrogens with zero attached hydrogens (tertiary/aromatic N) is 3. The molecule has 0 unspecified atom stereocenters. The normalized spacial score (nSPS) is 15.5. The van der Waals surface area contributed by atoms with Crippen LogP contribution in [0.25, 0.3) is 22.4 Å². The summed E-state index contributed by atoms with van der Waals surface area (Å²) in [4.78, 5) is 34.7. The van der Waals surface area contributed by atoms with Crippen LogP contribution in [0.3, 0.4) is 0 Å². The third kappa shape index (κ3) is 3.79. The Balaban J connectivity index is 1.75. The maximum absolute atomic E-state index is 13.4.